The summed E-state index contributed by atoms with van der Waals surface area (Å²) in [5.74, 6) is 0.502. The van der Waals surface area contributed by atoms with Gasteiger partial charge in [-0.25, -0.2) is 4.98 Å². The van der Waals surface area contributed by atoms with Crippen molar-refractivity contribution in [2.45, 2.75) is 6.54 Å². The van der Waals surface area contributed by atoms with Gasteiger partial charge in [-0.1, -0.05) is 0 Å². The van der Waals surface area contributed by atoms with Crippen molar-refractivity contribution in [1.82, 2.24) is 14.5 Å². The van der Waals surface area contributed by atoms with Gasteiger partial charge in [0, 0.05) is 23.1 Å². The number of nitrogens with two attached hydrogens (primary N) is 1. The first-order valence-corrected chi connectivity index (χ1v) is 4.92. The van der Waals surface area contributed by atoms with Gasteiger partial charge < -0.3 is 10.3 Å². The molecule has 0 aliphatic heterocycles. The first kappa shape index (κ1) is 9.21. The molecule has 0 aliphatic rings. The molecule has 0 amide bonds. The molecule has 0 saturated carbocycles. The third-order valence-corrected chi connectivity index (χ3v) is 2.62. The molecule has 0 saturated heterocycles. The maximum Gasteiger partial charge on any atom is 0.200 e. The van der Waals surface area contributed by atoms with E-state index in [0.717, 1.165) is 10.2 Å². The van der Waals surface area contributed by atoms with Crippen LogP contribution in [-0.4, -0.2) is 14.5 Å². The summed E-state index contributed by atoms with van der Waals surface area (Å²) in [6, 6.07) is 3.83. The number of hydrogen-bond acceptors (Lipinski definition) is 3. The number of anilines is 1. The second-order valence-electron chi connectivity index (χ2n) is 2.85. The van der Waals surface area contributed by atoms with Crippen molar-refractivity contribution in [3.05, 3.63) is 40.9 Å². The van der Waals surface area contributed by atoms with Gasteiger partial charge >= 0.3 is 0 Å². The van der Waals surface area contributed by atoms with Crippen LogP contribution in [0.25, 0.3) is 0 Å². The highest BCUT2D eigenvalue weighted by Gasteiger charge is 2.03. The van der Waals surface area contributed by atoms with Crippen molar-refractivity contribution in [1.29, 1.82) is 0 Å². The molecule has 0 aliphatic carbocycles. The number of rotatable bonds is 2. The Morgan fingerprint density at radius 2 is 2.21 bits per heavy atom. The maximum absolute atomic E-state index is 5.65. The average Bonchev–Trinajstić information content (AvgIpc) is 2.56. The first-order valence-electron chi connectivity index (χ1n) is 4.13. The molecule has 72 valence electrons. The van der Waals surface area contributed by atoms with E-state index in [2.05, 4.69) is 25.9 Å². The smallest absolute Gasteiger partial charge is 0.200 e. The molecule has 0 aromatic carbocycles. The van der Waals surface area contributed by atoms with Crippen LogP contribution in [0, 0.1) is 0 Å². The highest BCUT2D eigenvalue weighted by Crippen LogP contribution is 2.15. The molecule has 0 spiro atoms. The van der Waals surface area contributed by atoms with E-state index >= 15 is 0 Å². The zero-order valence-electron chi connectivity index (χ0n) is 7.39. The summed E-state index contributed by atoms with van der Waals surface area (Å²) in [7, 11) is 0. The summed E-state index contributed by atoms with van der Waals surface area (Å²) in [6.45, 7) is 0.632. The monoisotopic (exact) mass is 252 g/mol. The summed E-state index contributed by atoms with van der Waals surface area (Å²) < 4.78 is 2.82. The van der Waals surface area contributed by atoms with Crippen LogP contribution in [-0.2, 0) is 6.54 Å². The largest absolute Gasteiger partial charge is 0.369 e. The van der Waals surface area contributed by atoms with Gasteiger partial charge in [-0.2, -0.15) is 0 Å². The molecule has 0 fully saturated rings. The molecule has 2 N–H and O–H groups in total. The van der Waals surface area contributed by atoms with E-state index in [0.29, 0.717) is 12.5 Å². The quantitative estimate of drug-likeness (QED) is 0.885. The fourth-order valence-electron chi connectivity index (χ4n) is 1.17. The van der Waals surface area contributed by atoms with Gasteiger partial charge in [0.25, 0.3) is 0 Å². The number of nitrogens with zero attached hydrogens (tertiary/aromatic N) is 3. The normalized spacial score (nSPS) is 10.4. The van der Waals surface area contributed by atoms with Gasteiger partial charge in [0.15, 0.2) is 5.95 Å². The molecule has 0 atom stereocenters. The van der Waals surface area contributed by atoms with Crippen molar-refractivity contribution in [3.63, 3.8) is 0 Å². The van der Waals surface area contributed by atoms with Gasteiger partial charge in [0.1, 0.15) is 0 Å². The van der Waals surface area contributed by atoms with E-state index in [1.807, 2.05) is 22.9 Å². The van der Waals surface area contributed by atoms with Crippen LogP contribution in [0.2, 0.25) is 0 Å². The Morgan fingerprint density at radius 1 is 1.36 bits per heavy atom. The second kappa shape index (κ2) is 3.79. The summed E-state index contributed by atoms with van der Waals surface area (Å²) in [4.78, 5) is 8.18. The fraction of sp³-hybridized carbons (Fsp3) is 0.111. The van der Waals surface area contributed by atoms with Crippen LogP contribution < -0.4 is 5.73 Å². The Labute approximate surface area is 89.9 Å². The van der Waals surface area contributed by atoms with Gasteiger partial charge in [-0.15, -0.1) is 0 Å². The Balaban J connectivity index is 2.28. The zero-order chi connectivity index (χ0) is 9.97. The number of aromatic nitrogens is 3. The number of hydrogen-bond donors (Lipinski definition) is 1. The van der Waals surface area contributed by atoms with Crippen molar-refractivity contribution in [2.24, 2.45) is 0 Å². The molecule has 2 heterocycles. The van der Waals surface area contributed by atoms with Crippen LogP contribution in [0.5, 0.6) is 0 Å². The van der Waals surface area contributed by atoms with Gasteiger partial charge in [0.2, 0.25) is 0 Å². The predicted molar refractivity (Wildman–Crippen MR) is 57.7 cm³/mol. The Kier molecular flexibility index (Phi) is 2.49. The summed E-state index contributed by atoms with van der Waals surface area (Å²) in [5.41, 5.74) is 6.59. The SMILES string of the molecule is Nc1nccn1Cc1ncccc1Br. The lowest BCUT2D eigenvalue weighted by atomic mass is 10.3. The lowest BCUT2D eigenvalue weighted by Gasteiger charge is -2.05. The van der Waals surface area contributed by atoms with Crippen LogP contribution in [0.15, 0.2) is 35.2 Å². The Hall–Kier alpha value is -1.36. The molecule has 2 rings (SSSR count). The highest BCUT2D eigenvalue weighted by molar-refractivity contribution is 9.10. The van der Waals surface area contributed by atoms with E-state index < -0.39 is 0 Å². The lowest BCUT2D eigenvalue weighted by molar-refractivity contribution is 0.781. The summed E-state index contributed by atoms with van der Waals surface area (Å²) in [6.07, 6.45) is 5.26. The average molecular weight is 253 g/mol. The first-order chi connectivity index (χ1) is 6.77. The minimum Gasteiger partial charge on any atom is -0.369 e. The summed E-state index contributed by atoms with van der Waals surface area (Å²) >= 11 is 3.43. The second-order valence-corrected chi connectivity index (χ2v) is 3.70. The predicted octanol–water partition coefficient (Wildman–Crippen LogP) is 1.67. The lowest BCUT2D eigenvalue weighted by Crippen LogP contribution is -2.05. The molecule has 14 heavy (non-hydrogen) atoms. The third kappa shape index (κ3) is 1.77. The Morgan fingerprint density at radius 3 is 2.86 bits per heavy atom. The Bertz CT molecular complexity index is 438. The van der Waals surface area contributed by atoms with E-state index in [9.17, 15) is 0 Å². The van der Waals surface area contributed by atoms with Crippen LogP contribution >= 0.6 is 15.9 Å². The van der Waals surface area contributed by atoms with Crippen LogP contribution in [0.1, 0.15) is 5.69 Å². The maximum atomic E-state index is 5.65. The molecule has 0 unspecified atom stereocenters. The van der Waals surface area contributed by atoms with E-state index in [1.165, 1.54) is 0 Å². The van der Waals surface area contributed by atoms with Crippen molar-refractivity contribution in [2.75, 3.05) is 5.73 Å². The standard InChI is InChI=1S/C9H9BrN4/c10-7-2-1-3-12-8(7)6-14-5-4-13-9(14)11/h1-5H,6H2,(H2,11,13). The minimum absolute atomic E-state index is 0.502. The molecule has 0 radical (unpaired) electrons. The van der Waals surface area contributed by atoms with Crippen molar-refractivity contribution in [3.8, 4) is 0 Å². The number of pyridine rings is 1. The van der Waals surface area contributed by atoms with Gasteiger partial charge in [-0.05, 0) is 28.1 Å². The van der Waals surface area contributed by atoms with Gasteiger partial charge in [0.05, 0.1) is 12.2 Å². The highest BCUT2D eigenvalue weighted by atomic mass is 79.9. The number of nitrogen functional groups attached to an aromatic ring is 1. The molecular formula is C9H9BrN4. The molecule has 5 heteroatoms. The summed E-state index contributed by atoms with van der Waals surface area (Å²) in [5, 5.41) is 0. The van der Waals surface area contributed by atoms with E-state index in [1.54, 1.807) is 12.4 Å². The van der Waals surface area contributed by atoms with Crippen LogP contribution in [0.4, 0.5) is 5.95 Å². The molecular weight excluding hydrogens is 244 g/mol. The molecule has 4 nitrogen and oxygen atoms in total. The van der Waals surface area contributed by atoms with Crippen LogP contribution in [0.3, 0.4) is 0 Å². The number of imidazole rings is 1. The van der Waals surface area contributed by atoms with E-state index in [-0.39, 0.29) is 0 Å². The minimum atomic E-state index is 0.502. The topological polar surface area (TPSA) is 56.7 Å². The molecule has 2 aromatic heterocycles. The molecule has 2 aromatic rings. The molecule has 0 bridgehead atoms. The van der Waals surface area contributed by atoms with Crippen molar-refractivity contribution >= 4 is 21.9 Å². The fourth-order valence-corrected chi connectivity index (χ4v) is 1.55. The van der Waals surface area contributed by atoms with Crippen molar-refractivity contribution < 1.29 is 0 Å². The number of halogens is 1. The third-order valence-electron chi connectivity index (χ3n) is 1.90. The van der Waals surface area contributed by atoms with E-state index in [4.69, 9.17) is 5.73 Å². The zero-order valence-corrected chi connectivity index (χ0v) is 8.98. The van der Waals surface area contributed by atoms with Gasteiger partial charge in [-0.3, -0.25) is 4.98 Å².